The molecule has 0 fully saturated rings. The predicted octanol–water partition coefficient (Wildman–Crippen LogP) is 4.01. The van der Waals surface area contributed by atoms with Gasteiger partial charge < -0.3 is 14.8 Å². The summed E-state index contributed by atoms with van der Waals surface area (Å²) < 4.78 is 46.5. The number of sulfonamides is 1. The van der Waals surface area contributed by atoms with Crippen LogP contribution in [0.15, 0.2) is 68.8 Å². The summed E-state index contributed by atoms with van der Waals surface area (Å²) in [6, 6.07) is 11.4. The van der Waals surface area contributed by atoms with E-state index in [0.29, 0.717) is 5.76 Å². The summed E-state index contributed by atoms with van der Waals surface area (Å²) in [5, 5.41) is 6.62. The summed E-state index contributed by atoms with van der Waals surface area (Å²) >= 11 is 0. The number of aromatic nitrogens is 2. The van der Waals surface area contributed by atoms with Crippen LogP contribution in [0.1, 0.15) is 36.9 Å². The van der Waals surface area contributed by atoms with Crippen LogP contribution in [-0.2, 0) is 15.4 Å². The predicted molar refractivity (Wildman–Crippen MR) is 125 cm³/mol. The molecule has 2 aromatic carbocycles. The Bertz CT molecular complexity index is 1550. The second-order valence-corrected chi connectivity index (χ2v) is 10.3. The summed E-state index contributed by atoms with van der Waals surface area (Å²) in [6.45, 7) is 5.77. The Morgan fingerprint density at radius 3 is 2.41 bits per heavy atom. The molecule has 0 saturated heterocycles. The van der Waals surface area contributed by atoms with Gasteiger partial charge in [0.2, 0.25) is 5.56 Å². The summed E-state index contributed by atoms with van der Waals surface area (Å²) in [7, 11) is -4.07. The lowest BCUT2D eigenvalue weighted by Gasteiger charge is -2.12. The normalized spacial score (nSPS) is 12.0. The molecule has 0 aliphatic heterocycles. The van der Waals surface area contributed by atoms with E-state index >= 15 is 0 Å². The van der Waals surface area contributed by atoms with E-state index in [-0.39, 0.29) is 38.3 Å². The maximum absolute atomic E-state index is 13.1. The summed E-state index contributed by atoms with van der Waals surface area (Å²) in [4.78, 5) is 27.5. The van der Waals surface area contributed by atoms with Crippen LogP contribution in [0.4, 0.5) is 15.9 Å². The fourth-order valence-electron chi connectivity index (χ4n) is 3.19. The lowest BCUT2D eigenvalue weighted by atomic mass is 9.93. The molecule has 11 heteroatoms. The number of carbonyl (C=O) groups excluding carboxylic acids is 1. The Labute approximate surface area is 194 Å². The molecule has 0 aliphatic rings. The lowest BCUT2D eigenvalue weighted by Crippen LogP contribution is -2.18. The first-order valence-corrected chi connectivity index (χ1v) is 11.6. The fourth-order valence-corrected chi connectivity index (χ4v) is 4.28. The van der Waals surface area contributed by atoms with Crippen LogP contribution < -0.4 is 15.6 Å². The zero-order valence-corrected chi connectivity index (χ0v) is 19.3. The van der Waals surface area contributed by atoms with Gasteiger partial charge >= 0.3 is 0 Å². The highest BCUT2D eigenvalue weighted by Gasteiger charge is 2.22. The van der Waals surface area contributed by atoms with E-state index in [1.165, 1.54) is 30.3 Å². The zero-order chi connectivity index (χ0) is 24.7. The molecule has 2 aromatic heterocycles. The first-order valence-electron chi connectivity index (χ1n) is 10.2. The Kier molecular flexibility index (Phi) is 5.74. The van der Waals surface area contributed by atoms with Gasteiger partial charge in [-0.1, -0.05) is 25.9 Å². The van der Waals surface area contributed by atoms with Gasteiger partial charge in [0.1, 0.15) is 11.6 Å². The molecule has 3 N–H and O–H groups in total. The number of hydrogen-bond donors (Lipinski definition) is 3. The number of hydrogen-bond acceptors (Lipinski definition) is 6. The number of amides is 1. The minimum Gasteiger partial charge on any atom is -0.359 e. The van der Waals surface area contributed by atoms with Crippen molar-refractivity contribution in [3.8, 4) is 0 Å². The van der Waals surface area contributed by atoms with Crippen molar-refractivity contribution in [2.75, 3.05) is 10.0 Å². The van der Waals surface area contributed by atoms with Crippen molar-refractivity contribution in [2.45, 2.75) is 31.1 Å². The monoisotopic (exact) mass is 484 g/mol. The van der Waals surface area contributed by atoms with Gasteiger partial charge in [-0.05, 0) is 42.5 Å². The molecule has 0 spiro atoms. The highest BCUT2D eigenvalue weighted by molar-refractivity contribution is 7.92. The van der Waals surface area contributed by atoms with Gasteiger partial charge in [0.15, 0.2) is 5.82 Å². The number of H-pyrrole nitrogens is 1. The molecular formula is C23H21FN4O5S. The third-order valence-electron chi connectivity index (χ3n) is 4.96. The van der Waals surface area contributed by atoms with Crippen molar-refractivity contribution in [1.82, 2.24) is 10.1 Å². The van der Waals surface area contributed by atoms with E-state index in [1.54, 1.807) is 6.07 Å². The zero-order valence-electron chi connectivity index (χ0n) is 18.5. The van der Waals surface area contributed by atoms with Crippen LogP contribution in [0.25, 0.3) is 10.9 Å². The standard InChI is InChI=1S/C23H21FN4O5S/c1-23(2,3)19-12-20(27-33-19)26-22(30)17-11-21(29)25-18-9-8-15(10-16(17)18)34(31,32)28-14-6-4-13(24)5-7-14/h4-12,28H,1-3H3,(H,25,29)(H,26,27,30). The molecule has 4 aromatic rings. The van der Waals surface area contributed by atoms with Gasteiger partial charge in [0, 0.05) is 34.1 Å². The van der Waals surface area contributed by atoms with Crippen LogP contribution in [-0.4, -0.2) is 24.5 Å². The van der Waals surface area contributed by atoms with E-state index in [0.717, 1.165) is 18.2 Å². The van der Waals surface area contributed by atoms with Crippen molar-refractivity contribution < 1.29 is 22.1 Å². The van der Waals surface area contributed by atoms with Gasteiger partial charge in [-0.15, -0.1) is 0 Å². The average molecular weight is 485 g/mol. The maximum Gasteiger partial charge on any atom is 0.261 e. The van der Waals surface area contributed by atoms with Crippen molar-refractivity contribution in [1.29, 1.82) is 0 Å². The largest absolute Gasteiger partial charge is 0.359 e. The quantitative estimate of drug-likeness (QED) is 0.392. The molecule has 0 atom stereocenters. The topological polar surface area (TPSA) is 134 Å². The van der Waals surface area contributed by atoms with Crippen LogP contribution in [0, 0.1) is 5.82 Å². The van der Waals surface area contributed by atoms with Crippen molar-refractivity contribution in [3.63, 3.8) is 0 Å². The van der Waals surface area contributed by atoms with Crippen LogP contribution in [0.5, 0.6) is 0 Å². The number of nitrogens with zero attached hydrogens (tertiary/aromatic N) is 1. The van der Waals surface area contributed by atoms with Crippen molar-refractivity contribution >= 4 is 38.3 Å². The van der Waals surface area contributed by atoms with Gasteiger partial charge in [-0.25, -0.2) is 12.8 Å². The molecule has 0 saturated carbocycles. The molecule has 176 valence electrons. The summed E-state index contributed by atoms with van der Waals surface area (Å²) in [5.41, 5.74) is -0.463. The van der Waals surface area contributed by atoms with Crippen LogP contribution in [0.3, 0.4) is 0 Å². The minimum atomic E-state index is -4.07. The molecule has 0 aliphatic carbocycles. The number of carbonyl (C=O) groups is 1. The third kappa shape index (κ3) is 4.84. The second kappa shape index (κ2) is 8.41. The van der Waals surface area contributed by atoms with Crippen LogP contribution >= 0.6 is 0 Å². The van der Waals surface area contributed by atoms with Crippen LogP contribution in [0.2, 0.25) is 0 Å². The SMILES string of the molecule is CC(C)(C)c1cc(NC(=O)c2cc(=O)[nH]c3ccc(S(=O)(=O)Nc4ccc(F)cc4)cc23)no1. The Morgan fingerprint density at radius 1 is 1.06 bits per heavy atom. The van der Waals surface area contributed by atoms with E-state index < -0.39 is 27.3 Å². The molecule has 0 unspecified atom stereocenters. The Hall–Kier alpha value is -3.99. The number of rotatable bonds is 5. The summed E-state index contributed by atoms with van der Waals surface area (Å²) in [6.07, 6.45) is 0. The molecule has 1 amide bonds. The number of halogens is 1. The Balaban J connectivity index is 1.70. The second-order valence-electron chi connectivity index (χ2n) is 8.65. The van der Waals surface area contributed by atoms with Gasteiger partial charge in [-0.3, -0.25) is 14.3 Å². The lowest BCUT2D eigenvalue weighted by molar-refractivity contribution is 0.102. The minimum absolute atomic E-state index is 0.0436. The average Bonchev–Trinajstić information content (AvgIpc) is 3.23. The molecule has 2 heterocycles. The van der Waals surface area contributed by atoms with Gasteiger partial charge in [0.25, 0.3) is 15.9 Å². The molecule has 9 nitrogen and oxygen atoms in total. The molecule has 0 radical (unpaired) electrons. The highest BCUT2D eigenvalue weighted by atomic mass is 32.2. The van der Waals surface area contributed by atoms with Crippen molar-refractivity contribution in [2.24, 2.45) is 0 Å². The van der Waals surface area contributed by atoms with Gasteiger partial charge in [-0.2, -0.15) is 0 Å². The third-order valence-corrected chi connectivity index (χ3v) is 6.34. The molecular weight excluding hydrogens is 463 g/mol. The smallest absolute Gasteiger partial charge is 0.261 e. The summed E-state index contributed by atoms with van der Waals surface area (Å²) in [5.74, 6) is -0.454. The van der Waals surface area contributed by atoms with Gasteiger partial charge in [0.05, 0.1) is 10.5 Å². The van der Waals surface area contributed by atoms with E-state index in [1.807, 2.05) is 20.8 Å². The number of anilines is 2. The number of nitrogens with one attached hydrogen (secondary N) is 3. The molecule has 34 heavy (non-hydrogen) atoms. The van der Waals surface area contributed by atoms with E-state index in [4.69, 9.17) is 4.52 Å². The number of benzene rings is 2. The molecule has 4 rings (SSSR count). The van der Waals surface area contributed by atoms with E-state index in [9.17, 15) is 22.4 Å². The Morgan fingerprint density at radius 2 is 1.76 bits per heavy atom. The first kappa shape index (κ1) is 23.2. The number of fused-ring (bicyclic) bond motifs is 1. The highest BCUT2D eigenvalue weighted by Crippen LogP contribution is 2.26. The first-order chi connectivity index (χ1) is 15.9. The van der Waals surface area contributed by atoms with E-state index in [2.05, 4.69) is 20.2 Å². The number of aromatic amines is 1. The molecule has 0 bridgehead atoms. The number of pyridine rings is 1. The fraction of sp³-hybridized carbons (Fsp3) is 0.174. The maximum atomic E-state index is 13.1. The van der Waals surface area contributed by atoms with Crippen molar-refractivity contribution in [3.05, 3.63) is 82.1 Å².